The minimum atomic E-state index is 0.675. The fourth-order valence-corrected chi connectivity index (χ4v) is 1.19. The molecule has 0 saturated heterocycles. The summed E-state index contributed by atoms with van der Waals surface area (Å²) >= 11 is 1.54. The topological polar surface area (TPSA) is 37.8 Å². The molecule has 1 N–H and O–H groups in total. The molecule has 3 nitrogen and oxygen atoms in total. The van der Waals surface area contributed by atoms with E-state index in [9.17, 15) is 0 Å². The Morgan fingerprint density at radius 1 is 1.50 bits per heavy atom. The number of nitrogens with one attached hydrogen (secondary N) is 1. The molecule has 0 saturated carbocycles. The molecule has 0 bridgehead atoms. The van der Waals surface area contributed by atoms with Crippen molar-refractivity contribution in [2.45, 2.75) is 20.8 Å². The predicted molar refractivity (Wildman–Crippen MR) is 52.4 cm³/mol. The second-order valence-corrected chi connectivity index (χ2v) is 4.18. The molecule has 1 unspecified atom stereocenters. The molecular formula is C8H15N3S. The van der Waals surface area contributed by atoms with Crippen molar-refractivity contribution < 1.29 is 0 Å². The van der Waals surface area contributed by atoms with E-state index in [0.717, 1.165) is 11.7 Å². The summed E-state index contributed by atoms with van der Waals surface area (Å²) in [5.74, 6) is 1.39. The molecule has 12 heavy (non-hydrogen) atoms. The van der Waals surface area contributed by atoms with Gasteiger partial charge >= 0.3 is 0 Å². The summed E-state index contributed by atoms with van der Waals surface area (Å²) in [6.07, 6.45) is 0. The van der Waals surface area contributed by atoms with E-state index >= 15 is 0 Å². The van der Waals surface area contributed by atoms with E-state index in [2.05, 4.69) is 36.3 Å². The van der Waals surface area contributed by atoms with Gasteiger partial charge in [0.1, 0.15) is 5.51 Å². The Hall–Kier alpha value is -0.640. The van der Waals surface area contributed by atoms with Crippen LogP contribution in [0.25, 0.3) is 0 Å². The van der Waals surface area contributed by atoms with E-state index < -0.39 is 0 Å². The van der Waals surface area contributed by atoms with Gasteiger partial charge in [0.25, 0.3) is 0 Å². The van der Waals surface area contributed by atoms with Gasteiger partial charge in [-0.15, -0.1) is 10.2 Å². The van der Waals surface area contributed by atoms with Crippen LogP contribution in [0.5, 0.6) is 0 Å². The molecule has 0 fully saturated rings. The van der Waals surface area contributed by atoms with Crippen molar-refractivity contribution >= 4 is 16.5 Å². The van der Waals surface area contributed by atoms with Gasteiger partial charge in [0.15, 0.2) is 0 Å². The summed E-state index contributed by atoms with van der Waals surface area (Å²) in [7, 11) is 0. The summed E-state index contributed by atoms with van der Waals surface area (Å²) in [6.45, 7) is 7.67. The van der Waals surface area contributed by atoms with Crippen LogP contribution in [0.15, 0.2) is 5.51 Å². The van der Waals surface area contributed by atoms with Gasteiger partial charge in [0.2, 0.25) is 5.13 Å². The standard InChI is InChI=1S/C8H15N3S/c1-6(2)7(3)4-9-8-11-10-5-12-8/h5-7H,4H2,1-3H3,(H,9,11). The quantitative estimate of drug-likeness (QED) is 0.781. The lowest BCUT2D eigenvalue weighted by Crippen LogP contribution is -2.16. The summed E-state index contributed by atoms with van der Waals surface area (Å²) in [6, 6.07) is 0. The average Bonchev–Trinajstić information content (AvgIpc) is 2.51. The zero-order valence-corrected chi connectivity index (χ0v) is 8.56. The summed E-state index contributed by atoms with van der Waals surface area (Å²) in [4.78, 5) is 0. The van der Waals surface area contributed by atoms with Gasteiger partial charge in [-0.05, 0) is 11.8 Å². The lowest BCUT2D eigenvalue weighted by molar-refractivity contribution is 0.439. The minimum Gasteiger partial charge on any atom is -0.360 e. The van der Waals surface area contributed by atoms with Crippen molar-refractivity contribution in [2.75, 3.05) is 11.9 Å². The highest BCUT2D eigenvalue weighted by Gasteiger charge is 2.06. The first-order chi connectivity index (χ1) is 5.70. The highest BCUT2D eigenvalue weighted by Crippen LogP contribution is 2.13. The SMILES string of the molecule is CC(C)C(C)CNc1nncs1. The third-order valence-corrected chi connectivity index (χ3v) is 2.72. The number of hydrogen-bond donors (Lipinski definition) is 1. The van der Waals surface area contributed by atoms with Crippen LogP contribution in [0.2, 0.25) is 0 Å². The highest BCUT2D eigenvalue weighted by atomic mass is 32.1. The molecule has 68 valence electrons. The second kappa shape index (κ2) is 4.40. The Morgan fingerprint density at radius 2 is 2.25 bits per heavy atom. The van der Waals surface area contributed by atoms with E-state index in [1.807, 2.05) is 0 Å². The fraction of sp³-hybridized carbons (Fsp3) is 0.750. The molecule has 0 aromatic carbocycles. The van der Waals surface area contributed by atoms with Crippen LogP contribution in [0.1, 0.15) is 20.8 Å². The van der Waals surface area contributed by atoms with Gasteiger partial charge in [-0.3, -0.25) is 0 Å². The number of rotatable bonds is 4. The van der Waals surface area contributed by atoms with Crippen molar-refractivity contribution in [3.8, 4) is 0 Å². The van der Waals surface area contributed by atoms with Gasteiger partial charge in [0, 0.05) is 6.54 Å². The molecule has 0 spiro atoms. The van der Waals surface area contributed by atoms with E-state index in [1.165, 1.54) is 0 Å². The van der Waals surface area contributed by atoms with Gasteiger partial charge in [-0.2, -0.15) is 0 Å². The van der Waals surface area contributed by atoms with Crippen molar-refractivity contribution in [3.63, 3.8) is 0 Å². The van der Waals surface area contributed by atoms with Crippen LogP contribution in [0.3, 0.4) is 0 Å². The van der Waals surface area contributed by atoms with Crippen LogP contribution >= 0.6 is 11.3 Å². The van der Waals surface area contributed by atoms with E-state index in [1.54, 1.807) is 16.8 Å². The Morgan fingerprint density at radius 3 is 2.75 bits per heavy atom. The molecule has 0 aliphatic rings. The van der Waals surface area contributed by atoms with Crippen LogP contribution in [-0.2, 0) is 0 Å². The highest BCUT2D eigenvalue weighted by molar-refractivity contribution is 7.13. The Labute approximate surface area is 77.2 Å². The first-order valence-electron chi connectivity index (χ1n) is 4.20. The molecule has 0 radical (unpaired) electrons. The zero-order valence-electron chi connectivity index (χ0n) is 7.74. The smallest absolute Gasteiger partial charge is 0.205 e. The maximum absolute atomic E-state index is 3.90. The molecule has 0 aliphatic carbocycles. The number of hydrogen-bond acceptors (Lipinski definition) is 4. The Bertz CT molecular complexity index is 208. The van der Waals surface area contributed by atoms with Crippen LogP contribution in [0, 0.1) is 11.8 Å². The third-order valence-electron chi connectivity index (χ3n) is 2.07. The minimum absolute atomic E-state index is 0.675. The Kier molecular flexibility index (Phi) is 3.47. The van der Waals surface area contributed by atoms with Crippen LogP contribution < -0.4 is 5.32 Å². The summed E-state index contributed by atoms with van der Waals surface area (Å²) in [5, 5.41) is 11.8. The lowest BCUT2D eigenvalue weighted by atomic mass is 9.98. The van der Waals surface area contributed by atoms with E-state index in [0.29, 0.717) is 11.8 Å². The maximum atomic E-state index is 3.90. The molecule has 1 atom stereocenters. The van der Waals surface area contributed by atoms with Crippen LogP contribution in [0.4, 0.5) is 5.13 Å². The summed E-state index contributed by atoms with van der Waals surface area (Å²) in [5.41, 5.74) is 1.74. The molecule has 1 aromatic rings. The molecule has 0 amide bonds. The molecule has 1 heterocycles. The largest absolute Gasteiger partial charge is 0.360 e. The first kappa shape index (κ1) is 9.45. The monoisotopic (exact) mass is 185 g/mol. The molecule has 1 rings (SSSR count). The molecule has 0 aliphatic heterocycles. The molecule has 1 aromatic heterocycles. The average molecular weight is 185 g/mol. The van der Waals surface area contributed by atoms with Crippen molar-refractivity contribution in [1.29, 1.82) is 0 Å². The second-order valence-electron chi connectivity index (χ2n) is 3.35. The number of aromatic nitrogens is 2. The van der Waals surface area contributed by atoms with E-state index in [4.69, 9.17) is 0 Å². The lowest BCUT2D eigenvalue weighted by Gasteiger charge is -2.14. The van der Waals surface area contributed by atoms with Gasteiger partial charge < -0.3 is 5.32 Å². The van der Waals surface area contributed by atoms with Gasteiger partial charge in [-0.25, -0.2) is 0 Å². The molecule has 4 heteroatoms. The maximum Gasteiger partial charge on any atom is 0.205 e. The van der Waals surface area contributed by atoms with Crippen molar-refractivity contribution in [3.05, 3.63) is 5.51 Å². The van der Waals surface area contributed by atoms with Crippen molar-refractivity contribution in [1.82, 2.24) is 10.2 Å². The predicted octanol–water partition coefficient (Wildman–Crippen LogP) is 2.24. The first-order valence-corrected chi connectivity index (χ1v) is 5.08. The van der Waals surface area contributed by atoms with Gasteiger partial charge in [-0.1, -0.05) is 32.1 Å². The normalized spacial score (nSPS) is 13.3. The van der Waals surface area contributed by atoms with Gasteiger partial charge in [0.05, 0.1) is 0 Å². The zero-order chi connectivity index (χ0) is 8.97. The third kappa shape index (κ3) is 2.77. The fourth-order valence-electron chi connectivity index (χ4n) is 0.734. The van der Waals surface area contributed by atoms with Crippen molar-refractivity contribution in [2.24, 2.45) is 11.8 Å². The number of nitrogens with zero attached hydrogens (tertiary/aromatic N) is 2. The van der Waals surface area contributed by atoms with E-state index in [-0.39, 0.29) is 0 Å². The van der Waals surface area contributed by atoms with Crippen LogP contribution in [-0.4, -0.2) is 16.7 Å². The summed E-state index contributed by atoms with van der Waals surface area (Å²) < 4.78 is 0. The number of anilines is 1. The molecular weight excluding hydrogens is 170 g/mol. The Balaban J connectivity index is 2.27.